The van der Waals surface area contributed by atoms with Gasteiger partial charge in [-0.1, -0.05) is 32.1 Å². The first kappa shape index (κ1) is 39.0. The first-order chi connectivity index (χ1) is 24.4. The predicted octanol–water partition coefficient (Wildman–Crippen LogP) is 4.83. The van der Waals surface area contributed by atoms with Gasteiger partial charge < -0.3 is 43.2 Å². The highest BCUT2D eigenvalue weighted by Crippen LogP contribution is 2.54. The minimum Gasteiger partial charge on any atom is -0.462 e. The van der Waals surface area contributed by atoms with Gasteiger partial charge in [0.1, 0.15) is 24.4 Å². The molecule has 288 valence electrons. The Bertz CT molecular complexity index is 1270. The number of methoxy groups -OCH3 is 2. The number of carbonyl (C=O) groups excluding carboxylic acids is 2. The fourth-order valence-electron chi connectivity index (χ4n) is 10.2. The van der Waals surface area contributed by atoms with Crippen molar-refractivity contribution in [1.29, 1.82) is 0 Å². The van der Waals surface area contributed by atoms with Gasteiger partial charge in [0.15, 0.2) is 18.4 Å². The van der Waals surface area contributed by atoms with Crippen molar-refractivity contribution in [3.63, 3.8) is 0 Å². The van der Waals surface area contributed by atoms with Crippen LogP contribution in [0.1, 0.15) is 85.5 Å². The number of hydrogen-bond acceptors (Lipinski definition) is 11. The topological polar surface area (TPSA) is 122 Å². The molecule has 0 aromatic rings. The molecule has 3 heterocycles. The van der Waals surface area contributed by atoms with E-state index in [2.05, 4.69) is 51.1 Å². The number of hydrogen-bond donors (Lipinski definition) is 1. The molecule has 1 N–H and O–H groups in total. The SMILES string of the molecule is CC[C@H]1CCC[C@H](O[C@H]2CC[C@H](N(C)C)[C@@H](C)O2)[C@@H](C)C(=O)C2=C[C@@H]3[C@@H](C=C[C@@H]4C[C@@H](O[C@@H]5O[C@@H](C)[C@H](OC)[C@@H](O)[C@H]5OC)C[C@@H]34)[C@@H]2CC(=O)O1. The Labute approximate surface area is 304 Å². The van der Waals surface area contributed by atoms with Crippen molar-refractivity contribution in [2.24, 2.45) is 35.5 Å². The molecule has 0 unspecified atom stereocenters. The van der Waals surface area contributed by atoms with E-state index in [1.807, 2.05) is 13.8 Å². The van der Waals surface area contributed by atoms with Crippen LogP contribution in [0.5, 0.6) is 0 Å². The number of ether oxygens (including phenoxy) is 7. The third-order valence-corrected chi connectivity index (χ3v) is 13.0. The summed E-state index contributed by atoms with van der Waals surface area (Å²) in [5.74, 6) is -0.141. The molecular weight excluding hydrogens is 654 g/mol. The van der Waals surface area contributed by atoms with Gasteiger partial charge in [-0.25, -0.2) is 0 Å². The summed E-state index contributed by atoms with van der Waals surface area (Å²) in [7, 11) is 7.28. The molecule has 0 amide bonds. The summed E-state index contributed by atoms with van der Waals surface area (Å²) in [5.41, 5.74) is 0.745. The number of esters is 1. The molecule has 3 saturated heterocycles. The summed E-state index contributed by atoms with van der Waals surface area (Å²) in [4.78, 5) is 30.3. The van der Waals surface area contributed by atoms with Gasteiger partial charge >= 0.3 is 5.97 Å². The number of likely N-dealkylation sites (N-methyl/N-ethyl adjacent to an activating group) is 1. The van der Waals surface area contributed by atoms with Crippen LogP contribution in [0.2, 0.25) is 0 Å². The second-order valence-electron chi connectivity index (χ2n) is 16.3. The van der Waals surface area contributed by atoms with Gasteiger partial charge in [-0.05, 0) is 109 Å². The van der Waals surface area contributed by atoms with E-state index in [-0.39, 0.29) is 90.5 Å². The molecule has 51 heavy (non-hydrogen) atoms. The van der Waals surface area contributed by atoms with Gasteiger partial charge in [0, 0.05) is 32.1 Å². The van der Waals surface area contributed by atoms with E-state index in [1.165, 1.54) is 0 Å². The van der Waals surface area contributed by atoms with Crippen molar-refractivity contribution in [2.75, 3.05) is 28.3 Å². The van der Waals surface area contributed by atoms with Crippen LogP contribution in [-0.2, 0) is 42.7 Å². The Hall–Kier alpha value is -1.70. The molecule has 0 aromatic carbocycles. The molecule has 3 aliphatic heterocycles. The zero-order chi connectivity index (χ0) is 36.6. The van der Waals surface area contributed by atoms with Gasteiger partial charge in [0.05, 0.1) is 30.8 Å². The summed E-state index contributed by atoms with van der Waals surface area (Å²) in [6.07, 6.45) is 9.22. The molecule has 4 fully saturated rings. The van der Waals surface area contributed by atoms with Crippen LogP contribution < -0.4 is 0 Å². The van der Waals surface area contributed by atoms with E-state index in [4.69, 9.17) is 33.2 Å². The van der Waals surface area contributed by atoms with E-state index in [9.17, 15) is 14.7 Å². The Morgan fingerprint density at radius 1 is 0.902 bits per heavy atom. The number of Topliss-reactive ketones (excluding diaryl/α,β-unsaturated/α-hetero) is 1. The van der Waals surface area contributed by atoms with Gasteiger partial charge in [-0.3, -0.25) is 9.59 Å². The summed E-state index contributed by atoms with van der Waals surface area (Å²) in [5, 5.41) is 10.9. The van der Waals surface area contributed by atoms with Gasteiger partial charge in [0.25, 0.3) is 0 Å². The van der Waals surface area contributed by atoms with E-state index in [0.717, 1.165) is 50.5 Å². The molecule has 1 saturated carbocycles. The van der Waals surface area contributed by atoms with Crippen molar-refractivity contribution >= 4 is 11.8 Å². The standard InChI is InChI=1S/C40H63NO10/c1-9-25-11-10-12-33(51-35-16-15-32(41(5)6)22(3)47-35)21(2)36(43)31-19-29-27(30(31)20-34(42)49-25)14-13-24-17-26(18-28(24)29)50-40-39(46-8)37(44)38(45-7)23(4)48-40/h13-14,19,21-30,32-33,35,37-40,44H,9-12,15-18,20H2,1-8H3/t21-,22-,23+,24-,25+,26-,27-,28-,29-,30+,32+,33+,35+,37-,38+,39-,40+/m1/s1. The van der Waals surface area contributed by atoms with Crippen molar-refractivity contribution in [3.8, 4) is 0 Å². The quantitative estimate of drug-likeness (QED) is 0.275. The Morgan fingerprint density at radius 2 is 1.67 bits per heavy atom. The zero-order valence-corrected chi connectivity index (χ0v) is 32.0. The van der Waals surface area contributed by atoms with Crippen LogP contribution in [0.15, 0.2) is 23.8 Å². The second-order valence-corrected chi connectivity index (χ2v) is 16.3. The molecule has 6 rings (SSSR count). The van der Waals surface area contributed by atoms with Crippen LogP contribution in [-0.4, -0.2) is 118 Å². The van der Waals surface area contributed by atoms with Gasteiger partial charge in [-0.2, -0.15) is 0 Å². The van der Waals surface area contributed by atoms with Crippen molar-refractivity contribution in [3.05, 3.63) is 23.8 Å². The molecule has 3 aliphatic carbocycles. The van der Waals surface area contributed by atoms with Crippen LogP contribution in [0.4, 0.5) is 0 Å². The molecule has 0 aromatic heterocycles. The lowest BCUT2D eigenvalue weighted by atomic mass is 9.70. The number of ketones is 1. The highest BCUT2D eigenvalue weighted by atomic mass is 16.7. The van der Waals surface area contributed by atoms with Crippen molar-refractivity contribution < 1.29 is 47.9 Å². The highest BCUT2D eigenvalue weighted by Gasteiger charge is 2.52. The maximum absolute atomic E-state index is 14.6. The molecule has 11 heteroatoms. The van der Waals surface area contributed by atoms with Crippen molar-refractivity contribution in [1.82, 2.24) is 4.90 Å². The molecular formula is C40H63NO10. The number of fused-ring (bicyclic) bond motifs is 5. The summed E-state index contributed by atoms with van der Waals surface area (Å²) < 4.78 is 43.0. The molecule has 6 aliphatic rings. The van der Waals surface area contributed by atoms with E-state index >= 15 is 0 Å². The second kappa shape index (κ2) is 16.8. The predicted molar refractivity (Wildman–Crippen MR) is 189 cm³/mol. The minimum atomic E-state index is -0.880. The Balaban J connectivity index is 1.20. The number of carbonyl (C=O) groups is 2. The number of rotatable bonds is 8. The average Bonchev–Trinajstić information content (AvgIpc) is 3.67. The first-order valence-corrected chi connectivity index (χ1v) is 19.6. The third kappa shape index (κ3) is 8.21. The normalized spacial score (nSPS) is 46.4. The minimum absolute atomic E-state index is 0.0264. The number of cyclic esters (lactones) is 1. The van der Waals surface area contributed by atoms with Crippen LogP contribution >= 0.6 is 0 Å². The summed E-state index contributed by atoms with van der Waals surface area (Å²) >= 11 is 0. The fraction of sp³-hybridized carbons (Fsp3) is 0.850. The smallest absolute Gasteiger partial charge is 0.306 e. The molecule has 17 atom stereocenters. The maximum Gasteiger partial charge on any atom is 0.306 e. The average molecular weight is 718 g/mol. The molecule has 0 radical (unpaired) electrons. The Morgan fingerprint density at radius 3 is 2.35 bits per heavy atom. The molecule has 0 bridgehead atoms. The number of aliphatic hydroxyl groups is 1. The van der Waals surface area contributed by atoms with E-state index < -0.39 is 24.6 Å². The van der Waals surface area contributed by atoms with E-state index in [1.54, 1.807) is 14.2 Å². The summed E-state index contributed by atoms with van der Waals surface area (Å²) in [6.45, 7) is 8.04. The number of allylic oxidation sites excluding steroid dienone is 4. The molecule has 0 spiro atoms. The fourth-order valence-corrected chi connectivity index (χ4v) is 10.2. The highest BCUT2D eigenvalue weighted by molar-refractivity contribution is 5.99. The largest absolute Gasteiger partial charge is 0.462 e. The van der Waals surface area contributed by atoms with E-state index in [0.29, 0.717) is 12.5 Å². The van der Waals surface area contributed by atoms with Crippen LogP contribution in [0, 0.1) is 35.5 Å². The first-order valence-electron chi connectivity index (χ1n) is 19.6. The van der Waals surface area contributed by atoms with Gasteiger partial charge in [0.2, 0.25) is 0 Å². The monoisotopic (exact) mass is 717 g/mol. The van der Waals surface area contributed by atoms with Crippen LogP contribution in [0.3, 0.4) is 0 Å². The zero-order valence-electron chi connectivity index (χ0n) is 32.0. The lowest BCUT2D eigenvalue weighted by Crippen LogP contribution is -2.59. The lowest BCUT2D eigenvalue weighted by molar-refractivity contribution is -0.311. The lowest BCUT2D eigenvalue weighted by Gasteiger charge is -2.42. The summed E-state index contributed by atoms with van der Waals surface area (Å²) in [6, 6.07) is 0.334. The number of nitrogens with zero attached hydrogens (tertiary/aromatic N) is 1. The number of aliphatic hydroxyl groups excluding tert-OH is 1. The third-order valence-electron chi connectivity index (χ3n) is 13.0. The van der Waals surface area contributed by atoms with Gasteiger partial charge in [-0.15, -0.1) is 0 Å². The Kier molecular flexibility index (Phi) is 12.8. The molecule has 11 nitrogen and oxygen atoms in total. The maximum atomic E-state index is 14.6. The van der Waals surface area contributed by atoms with Crippen molar-refractivity contribution in [2.45, 2.75) is 153 Å². The van der Waals surface area contributed by atoms with Crippen LogP contribution in [0.25, 0.3) is 0 Å².